The van der Waals surface area contributed by atoms with Crippen molar-refractivity contribution in [2.75, 3.05) is 38.5 Å². The Morgan fingerprint density at radius 3 is 2.44 bits per heavy atom. The summed E-state index contributed by atoms with van der Waals surface area (Å²) in [5.41, 5.74) is 2.48. The predicted molar refractivity (Wildman–Crippen MR) is 132 cm³/mol. The SMILES string of the molecule is COc1cc(OC)cc(N(CCOS(C)=O)c2ccc3ncn(-c4cccnc4)c(=O)c3c2)c1. The van der Waals surface area contributed by atoms with E-state index in [1.165, 1.54) is 17.2 Å². The third kappa shape index (κ3) is 5.08. The van der Waals surface area contributed by atoms with E-state index in [4.69, 9.17) is 13.7 Å². The van der Waals surface area contributed by atoms with Crippen LogP contribution in [-0.4, -0.2) is 52.4 Å². The molecule has 1 atom stereocenters. The van der Waals surface area contributed by atoms with E-state index in [2.05, 4.69) is 9.97 Å². The lowest BCUT2D eigenvalue weighted by Crippen LogP contribution is -2.24. The van der Waals surface area contributed by atoms with Gasteiger partial charge in [-0.15, -0.1) is 0 Å². The van der Waals surface area contributed by atoms with Gasteiger partial charge in [-0.05, 0) is 30.3 Å². The largest absolute Gasteiger partial charge is 0.497 e. The van der Waals surface area contributed by atoms with Gasteiger partial charge in [-0.3, -0.25) is 18.5 Å². The summed E-state index contributed by atoms with van der Waals surface area (Å²) in [5.74, 6) is 1.22. The quantitative estimate of drug-likeness (QED) is 0.360. The Morgan fingerprint density at radius 2 is 1.79 bits per heavy atom. The van der Waals surface area contributed by atoms with Gasteiger partial charge in [0.15, 0.2) is 11.1 Å². The van der Waals surface area contributed by atoms with Crippen LogP contribution in [-0.2, 0) is 15.3 Å². The minimum atomic E-state index is -1.40. The zero-order valence-electron chi connectivity index (χ0n) is 19.0. The molecule has 4 aromatic rings. The number of aromatic nitrogens is 3. The van der Waals surface area contributed by atoms with Crippen molar-refractivity contribution in [2.24, 2.45) is 0 Å². The van der Waals surface area contributed by atoms with Gasteiger partial charge in [0.1, 0.15) is 17.8 Å². The normalized spacial score (nSPS) is 11.9. The molecule has 0 spiro atoms. The molecule has 4 rings (SSSR count). The van der Waals surface area contributed by atoms with Crippen molar-refractivity contribution in [3.05, 3.63) is 77.6 Å². The molecular formula is C24H24N4O5S. The van der Waals surface area contributed by atoms with Crippen molar-refractivity contribution in [1.82, 2.24) is 14.5 Å². The standard InChI is InChI=1S/C24H24N4O5S/c1-31-20-11-19(12-21(14-20)32-2)27(9-10-33-34(3)30)17-6-7-23-22(13-17)24(29)28(16-26-23)18-5-4-8-25-15-18/h4-8,11-16H,9-10H2,1-3H3. The van der Waals surface area contributed by atoms with Crippen LogP contribution in [0.15, 0.2) is 72.0 Å². The lowest BCUT2D eigenvalue weighted by atomic mass is 10.1. The first-order valence-corrected chi connectivity index (χ1v) is 11.9. The first kappa shape index (κ1) is 23.4. The fraction of sp³-hybridized carbons (Fsp3) is 0.208. The van der Waals surface area contributed by atoms with Crippen LogP contribution in [0.3, 0.4) is 0 Å². The number of rotatable bonds is 9. The number of hydrogen-bond donors (Lipinski definition) is 0. The highest BCUT2D eigenvalue weighted by Crippen LogP contribution is 2.33. The van der Waals surface area contributed by atoms with Crippen LogP contribution in [0.4, 0.5) is 11.4 Å². The van der Waals surface area contributed by atoms with Crippen LogP contribution in [0, 0.1) is 0 Å². The van der Waals surface area contributed by atoms with E-state index in [1.807, 2.05) is 23.1 Å². The van der Waals surface area contributed by atoms with Crippen molar-refractivity contribution in [2.45, 2.75) is 0 Å². The summed E-state index contributed by atoms with van der Waals surface area (Å²) in [4.78, 5) is 23.8. The van der Waals surface area contributed by atoms with E-state index in [9.17, 15) is 9.00 Å². The lowest BCUT2D eigenvalue weighted by molar-refractivity contribution is 0.360. The number of anilines is 2. The van der Waals surface area contributed by atoms with Gasteiger partial charge in [-0.2, -0.15) is 0 Å². The zero-order chi connectivity index (χ0) is 24.1. The van der Waals surface area contributed by atoms with Crippen LogP contribution < -0.4 is 19.9 Å². The molecule has 2 aromatic heterocycles. The van der Waals surface area contributed by atoms with Crippen molar-refractivity contribution in [1.29, 1.82) is 0 Å². The molecule has 0 N–H and O–H groups in total. The zero-order valence-corrected chi connectivity index (χ0v) is 19.8. The monoisotopic (exact) mass is 480 g/mol. The van der Waals surface area contributed by atoms with E-state index in [1.54, 1.807) is 56.9 Å². The van der Waals surface area contributed by atoms with E-state index < -0.39 is 11.1 Å². The molecule has 2 heterocycles. The second-order valence-electron chi connectivity index (χ2n) is 7.28. The fourth-order valence-corrected chi connectivity index (χ4v) is 3.87. The maximum absolute atomic E-state index is 13.3. The Hall–Kier alpha value is -3.76. The van der Waals surface area contributed by atoms with Crippen LogP contribution in [0.1, 0.15) is 0 Å². The summed E-state index contributed by atoms with van der Waals surface area (Å²) in [6, 6.07) is 14.5. The average Bonchev–Trinajstić information content (AvgIpc) is 2.87. The maximum Gasteiger partial charge on any atom is 0.265 e. The fourth-order valence-electron chi connectivity index (χ4n) is 3.56. The first-order valence-electron chi connectivity index (χ1n) is 10.4. The van der Waals surface area contributed by atoms with Gasteiger partial charge >= 0.3 is 0 Å². The Balaban J connectivity index is 1.83. The molecule has 2 aromatic carbocycles. The Bertz CT molecular complexity index is 1350. The predicted octanol–water partition coefficient (Wildman–Crippen LogP) is 3.25. The van der Waals surface area contributed by atoms with Crippen LogP contribution in [0.5, 0.6) is 11.5 Å². The topological polar surface area (TPSA) is 95.8 Å². The number of pyridine rings is 1. The molecule has 0 fully saturated rings. The van der Waals surface area contributed by atoms with Gasteiger partial charge in [-0.25, -0.2) is 9.19 Å². The molecule has 9 nitrogen and oxygen atoms in total. The molecule has 34 heavy (non-hydrogen) atoms. The number of benzene rings is 2. The average molecular weight is 481 g/mol. The molecule has 0 saturated heterocycles. The number of nitrogens with zero attached hydrogens (tertiary/aromatic N) is 4. The molecule has 0 bridgehead atoms. The summed E-state index contributed by atoms with van der Waals surface area (Å²) in [6.45, 7) is 0.575. The summed E-state index contributed by atoms with van der Waals surface area (Å²) >= 11 is -1.40. The molecule has 1 unspecified atom stereocenters. The van der Waals surface area contributed by atoms with E-state index in [0.717, 1.165) is 11.4 Å². The van der Waals surface area contributed by atoms with Crippen LogP contribution >= 0.6 is 0 Å². The van der Waals surface area contributed by atoms with E-state index in [0.29, 0.717) is 34.6 Å². The minimum Gasteiger partial charge on any atom is -0.497 e. The number of ether oxygens (including phenoxy) is 2. The summed E-state index contributed by atoms with van der Waals surface area (Å²) in [6.07, 6.45) is 6.22. The third-order valence-electron chi connectivity index (χ3n) is 5.19. The van der Waals surface area contributed by atoms with Crippen molar-refractivity contribution < 1.29 is 17.9 Å². The Morgan fingerprint density at radius 1 is 1.03 bits per heavy atom. The van der Waals surface area contributed by atoms with Crippen LogP contribution in [0.25, 0.3) is 16.6 Å². The molecule has 0 aliphatic rings. The van der Waals surface area contributed by atoms with Gasteiger partial charge in [0, 0.05) is 48.6 Å². The van der Waals surface area contributed by atoms with Gasteiger partial charge in [0.05, 0.1) is 43.6 Å². The van der Waals surface area contributed by atoms with Gasteiger partial charge in [0.2, 0.25) is 0 Å². The number of methoxy groups -OCH3 is 2. The highest BCUT2D eigenvalue weighted by molar-refractivity contribution is 7.79. The molecule has 0 radical (unpaired) electrons. The molecule has 0 aliphatic heterocycles. The minimum absolute atomic E-state index is 0.202. The second kappa shape index (κ2) is 10.4. The van der Waals surface area contributed by atoms with Gasteiger partial charge < -0.3 is 14.4 Å². The molecule has 0 aliphatic carbocycles. The number of hydrogen-bond acceptors (Lipinski definition) is 8. The smallest absolute Gasteiger partial charge is 0.265 e. The van der Waals surface area contributed by atoms with E-state index in [-0.39, 0.29) is 12.2 Å². The molecule has 0 saturated carbocycles. The van der Waals surface area contributed by atoms with Crippen LogP contribution in [0.2, 0.25) is 0 Å². The highest BCUT2D eigenvalue weighted by atomic mass is 32.2. The highest BCUT2D eigenvalue weighted by Gasteiger charge is 2.15. The summed E-state index contributed by atoms with van der Waals surface area (Å²) in [7, 11) is 3.16. The summed E-state index contributed by atoms with van der Waals surface area (Å²) in [5, 5.41) is 0.448. The molecule has 0 amide bonds. The lowest BCUT2D eigenvalue weighted by Gasteiger charge is -2.26. The maximum atomic E-state index is 13.3. The molecular weight excluding hydrogens is 456 g/mol. The van der Waals surface area contributed by atoms with Crippen molar-refractivity contribution in [3.8, 4) is 17.2 Å². The summed E-state index contributed by atoms with van der Waals surface area (Å²) < 4.78 is 29.1. The molecule has 10 heteroatoms. The second-order valence-corrected chi connectivity index (χ2v) is 8.32. The Labute approximate surface area is 199 Å². The third-order valence-corrected chi connectivity index (χ3v) is 5.69. The molecule has 176 valence electrons. The van der Waals surface area contributed by atoms with Crippen molar-refractivity contribution >= 4 is 33.4 Å². The number of fused-ring (bicyclic) bond motifs is 1. The van der Waals surface area contributed by atoms with E-state index >= 15 is 0 Å². The van der Waals surface area contributed by atoms with Gasteiger partial charge in [0.25, 0.3) is 5.56 Å². The Kier molecular flexibility index (Phi) is 7.19. The first-order chi connectivity index (χ1) is 16.5. The van der Waals surface area contributed by atoms with Crippen molar-refractivity contribution in [3.63, 3.8) is 0 Å². The van der Waals surface area contributed by atoms with Gasteiger partial charge in [-0.1, -0.05) is 0 Å².